The lowest BCUT2D eigenvalue weighted by molar-refractivity contribution is -0.133. The van der Waals surface area contributed by atoms with Crippen LogP contribution >= 0.6 is 22.9 Å². The number of halogens is 4. The van der Waals surface area contributed by atoms with Crippen molar-refractivity contribution in [3.8, 4) is 11.1 Å². The summed E-state index contributed by atoms with van der Waals surface area (Å²) in [6.07, 6.45) is -4.36. The lowest BCUT2D eigenvalue weighted by Crippen LogP contribution is -2.03. The fourth-order valence-corrected chi connectivity index (χ4v) is 2.63. The molecule has 0 spiro atoms. The van der Waals surface area contributed by atoms with Crippen LogP contribution in [0.2, 0.25) is 5.02 Å². The number of thiophene rings is 1. The molecule has 0 saturated heterocycles. The summed E-state index contributed by atoms with van der Waals surface area (Å²) in [5, 5.41) is 1.45. The first-order valence-corrected chi connectivity index (χ1v) is 5.65. The molecule has 0 amide bonds. The van der Waals surface area contributed by atoms with Crippen molar-refractivity contribution in [1.82, 2.24) is 0 Å². The standard InChI is InChI=1S/C11H6ClF3S/c12-8-6-16-10(11(13,14)15)9(8)7-4-2-1-3-5-7/h1-6H. The SMILES string of the molecule is FC(F)(F)c1scc(Cl)c1-c1ccccc1. The fourth-order valence-electron chi connectivity index (χ4n) is 1.42. The molecule has 0 saturated carbocycles. The van der Waals surface area contributed by atoms with Gasteiger partial charge in [-0.1, -0.05) is 41.9 Å². The third-order valence-corrected chi connectivity index (χ3v) is 3.52. The molecule has 2 rings (SSSR count). The van der Waals surface area contributed by atoms with E-state index in [-0.39, 0.29) is 10.6 Å². The van der Waals surface area contributed by atoms with E-state index in [0.717, 1.165) is 0 Å². The van der Waals surface area contributed by atoms with E-state index in [4.69, 9.17) is 11.6 Å². The lowest BCUT2D eigenvalue weighted by Gasteiger charge is -2.08. The molecule has 1 aromatic carbocycles. The predicted molar refractivity (Wildman–Crippen MR) is 59.8 cm³/mol. The molecule has 0 aliphatic rings. The van der Waals surface area contributed by atoms with Crippen molar-refractivity contribution in [3.63, 3.8) is 0 Å². The summed E-state index contributed by atoms with van der Waals surface area (Å²) in [6.45, 7) is 0. The molecule has 5 heteroatoms. The van der Waals surface area contributed by atoms with Gasteiger partial charge in [-0.15, -0.1) is 11.3 Å². The molecule has 0 fully saturated rings. The highest BCUT2D eigenvalue weighted by molar-refractivity contribution is 7.11. The Labute approximate surface area is 99.3 Å². The van der Waals surface area contributed by atoms with Crippen molar-refractivity contribution in [1.29, 1.82) is 0 Å². The molecule has 16 heavy (non-hydrogen) atoms. The summed E-state index contributed by atoms with van der Waals surface area (Å²) in [4.78, 5) is -0.649. The Morgan fingerprint density at radius 1 is 1.06 bits per heavy atom. The quantitative estimate of drug-likeness (QED) is 0.672. The van der Waals surface area contributed by atoms with E-state index in [0.29, 0.717) is 16.9 Å². The van der Waals surface area contributed by atoms with Gasteiger partial charge in [0.2, 0.25) is 0 Å². The van der Waals surface area contributed by atoms with Gasteiger partial charge in [0.15, 0.2) is 0 Å². The Kier molecular flexibility index (Phi) is 2.95. The Hall–Kier alpha value is -1.00. The van der Waals surface area contributed by atoms with Crippen LogP contribution in [-0.4, -0.2) is 0 Å². The van der Waals surface area contributed by atoms with Crippen molar-refractivity contribution in [2.24, 2.45) is 0 Å². The third kappa shape index (κ3) is 2.08. The maximum Gasteiger partial charge on any atom is 0.426 e. The molecule has 2 aromatic rings. The second-order valence-corrected chi connectivity index (χ2v) is 4.44. The van der Waals surface area contributed by atoms with E-state index in [1.54, 1.807) is 30.3 Å². The molecule has 0 aliphatic carbocycles. The van der Waals surface area contributed by atoms with Gasteiger partial charge >= 0.3 is 6.18 Å². The number of hydrogen-bond acceptors (Lipinski definition) is 1. The summed E-state index contributed by atoms with van der Waals surface area (Å²) in [5.41, 5.74) is 0.556. The van der Waals surface area contributed by atoms with Gasteiger partial charge in [0, 0.05) is 10.9 Å². The van der Waals surface area contributed by atoms with Crippen LogP contribution < -0.4 is 0 Å². The van der Waals surface area contributed by atoms with Crippen LogP contribution in [0.5, 0.6) is 0 Å². The molecule has 0 unspecified atom stereocenters. The van der Waals surface area contributed by atoms with E-state index in [1.807, 2.05) is 0 Å². The van der Waals surface area contributed by atoms with Crippen LogP contribution in [0.4, 0.5) is 13.2 Å². The largest absolute Gasteiger partial charge is 0.426 e. The van der Waals surface area contributed by atoms with Crippen LogP contribution in [0, 0.1) is 0 Å². The first-order valence-electron chi connectivity index (χ1n) is 4.40. The van der Waals surface area contributed by atoms with Crippen molar-refractivity contribution < 1.29 is 13.2 Å². The van der Waals surface area contributed by atoms with E-state index in [9.17, 15) is 13.2 Å². The zero-order valence-corrected chi connectivity index (χ0v) is 9.46. The molecule has 0 nitrogen and oxygen atoms in total. The minimum Gasteiger partial charge on any atom is -0.165 e. The third-order valence-electron chi connectivity index (χ3n) is 2.07. The average molecular weight is 263 g/mol. The normalized spacial score (nSPS) is 11.8. The van der Waals surface area contributed by atoms with Crippen molar-refractivity contribution in [2.75, 3.05) is 0 Å². The molecular weight excluding hydrogens is 257 g/mol. The van der Waals surface area contributed by atoms with Crippen LogP contribution in [0.1, 0.15) is 4.88 Å². The molecule has 1 aromatic heterocycles. The number of hydrogen-bond donors (Lipinski definition) is 0. The molecule has 0 aliphatic heterocycles. The van der Waals surface area contributed by atoms with Gasteiger partial charge in [0.25, 0.3) is 0 Å². The molecule has 84 valence electrons. The maximum atomic E-state index is 12.7. The summed E-state index contributed by atoms with van der Waals surface area (Å²) in [5.74, 6) is 0. The number of benzene rings is 1. The van der Waals surface area contributed by atoms with Gasteiger partial charge in [-0.2, -0.15) is 13.2 Å². The highest BCUT2D eigenvalue weighted by Crippen LogP contribution is 2.44. The molecule has 0 N–H and O–H groups in total. The predicted octanol–water partition coefficient (Wildman–Crippen LogP) is 5.09. The minimum absolute atomic E-state index is 0.0692. The zero-order valence-electron chi connectivity index (χ0n) is 7.88. The first kappa shape index (κ1) is 11.5. The van der Waals surface area contributed by atoms with Crippen LogP contribution in [0.25, 0.3) is 11.1 Å². The lowest BCUT2D eigenvalue weighted by atomic mass is 10.1. The summed E-state index contributed by atoms with van der Waals surface area (Å²) < 4.78 is 38.1. The highest BCUT2D eigenvalue weighted by atomic mass is 35.5. The maximum absolute atomic E-state index is 12.7. The number of alkyl halides is 3. The first-order chi connectivity index (χ1) is 7.50. The Balaban J connectivity index is 2.61. The molecule has 0 radical (unpaired) electrons. The van der Waals surface area contributed by atoms with Gasteiger partial charge in [-0.05, 0) is 5.56 Å². The van der Waals surface area contributed by atoms with Gasteiger partial charge in [-0.3, -0.25) is 0 Å². The van der Waals surface area contributed by atoms with E-state index in [2.05, 4.69) is 0 Å². The second kappa shape index (κ2) is 4.11. The van der Waals surface area contributed by atoms with Crippen molar-refractivity contribution >= 4 is 22.9 Å². The highest BCUT2D eigenvalue weighted by Gasteiger charge is 2.36. The topological polar surface area (TPSA) is 0 Å². The molecular formula is C11H6ClF3S. The summed E-state index contributed by atoms with van der Waals surface area (Å²) >= 11 is 6.42. The van der Waals surface area contributed by atoms with Gasteiger partial charge < -0.3 is 0 Å². The summed E-state index contributed by atoms with van der Waals surface area (Å²) in [7, 11) is 0. The average Bonchev–Trinajstić information content (AvgIpc) is 2.61. The van der Waals surface area contributed by atoms with E-state index in [1.165, 1.54) is 5.38 Å². The Morgan fingerprint density at radius 2 is 1.69 bits per heavy atom. The monoisotopic (exact) mass is 262 g/mol. The Morgan fingerprint density at radius 3 is 2.25 bits per heavy atom. The van der Waals surface area contributed by atoms with E-state index < -0.39 is 11.1 Å². The van der Waals surface area contributed by atoms with Crippen molar-refractivity contribution in [2.45, 2.75) is 6.18 Å². The van der Waals surface area contributed by atoms with Crippen LogP contribution in [0.3, 0.4) is 0 Å². The summed E-state index contributed by atoms with van der Waals surface area (Å²) in [6, 6.07) is 8.34. The fraction of sp³-hybridized carbons (Fsp3) is 0.0909. The second-order valence-electron chi connectivity index (χ2n) is 3.15. The zero-order chi connectivity index (χ0) is 11.8. The molecule has 0 atom stereocenters. The smallest absolute Gasteiger partial charge is 0.165 e. The van der Waals surface area contributed by atoms with E-state index >= 15 is 0 Å². The van der Waals surface area contributed by atoms with Crippen molar-refractivity contribution in [3.05, 3.63) is 45.6 Å². The van der Waals surface area contributed by atoms with Gasteiger partial charge in [0.1, 0.15) is 4.88 Å². The van der Waals surface area contributed by atoms with Gasteiger partial charge in [-0.25, -0.2) is 0 Å². The van der Waals surface area contributed by atoms with Crippen LogP contribution in [0.15, 0.2) is 35.7 Å². The molecule has 1 heterocycles. The minimum atomic E-state index is -4.36. The van der Waals surface area contributed by atoms with Crippen LogP contribution in [-0.2, 0) is 6.18 Å². The van der Waals surface area contributed by atoms with Gasteiger partial charge in [0.05, 0.1) is 5.02 Å². The Bertz CT molecular complexity index is 488. The molecule has 0 bridgehead atoms. The number of rotatable bonds is 1.